The topological polar surface area (TPSA) is 41.6 Å². The highest BCUT2D eigenvalue weighted by Gasteiger charge is 2.46. The van der Waals surface area contributed by atoms with Crippen molar-refractivity contribution in [2.45, 2.75) is 56.9 Å². The first-order chi connectivity index (χ1) is 9.81. The minimum Gasteiger partial charge on any atom is -0.381 e. The van der Waals surface area contributed by atoms with Gasteiger partial charge in [0.2, 0.25) is 5.91 Å². The molecule has 2 aliphatic heterocycles. The van der Waals surface area contributed by atoms with Crippen LogP contribution in [0.3, 0.4) is 0 Å². The van der Waals surface area contributed by atoms with Crippen molar-refractivity contribution in [3.63, 3.8) is 0 Å². The summed E-state index contributed by atoms with van der Waals surface area (Å²) in [5.41, 5.74) is -0.164. The van der Waals surface area contributed by atoms with Gasteiger partial charge in [-0.1, -0.05) is 12.8 Å². The molecule has 0 radical (unpaired) electrons. The van der Waals surface area contributed by atoms with Crippen molar-refractivity contribution in [1.29, 1.82) is 0 Å². The Morgan fingerprint density at radius 3 is 2.60 bits per heavy atom. The number of likely N-dealkylation sites (tertiary alicyclic amines) is 1. The van der Waals surface area contributed by atoms with Crippen molar-refractivity contribution in [3.8, 4) is 0 Å². The molecule has 3 fully saturated rings. The Morgan fingerprint density at radius 2 is 1.95 bits per heavy atom. The Bertz CT molecular complexity index is 327. The maximum absolute atomic E-state index is 12.7. The highest BCUT2D eigenvalue weighted by atomic mass is 16.5. The first kappa shape index (κ1) is 14.3. The summed E-state index contributed by atoms with van der Waals surface area (Å²) in [6.07, 6.45) is 9.29. The Morgan fingerprint density at radius 1 is 1.20 bits per heavy atom. The van der Waals surface area contributed by atoms with Crippen molar-refractivity contribution in [2.24, 2.45) is 5.92 Å². The predicted molar refractivity (Wildman–Crippen MR) is 78.6 cm³/mol. The number of carbonyl (C=O) groups excluding carboxylic acids is 1. The molecule has 1 atom stereocenters. The number of nitrogens with one attached hydrogen (secondary N) is 1. The molecule has 0 aromatic heterocycles. The smallest absolute Gasteiger partial charge is 0.240 e. The first-order valence-electron chi connectivity index (χ1n) is 8.42. The number of hydrogen-bond donors (Lipinski definition) is 1. The zero-order valence-electron chi connectivity index (χ0n) is 12.5. The molecule has 1 amide bonds. The second-order valence-electron chi connectivity index (χ2n) is 6.71. The molecule has 1 aliphatic carbocycles. The first-order valence-corrected chi connectivity index (χ1v) is 8.42. The fourth-order valence-corrected chi connectivity index (χ4v) is 4.16. The maximum atomic E-state index is 12.7. The fraction of sp³-hybridized carbons (Fsp3) is 0.938. The van der Waals surface area contributed by atoms with E-state index in [4.69, 9.17) is 4.74 Å². The van der Waals surface area contributed by atoms with Crippen molar-refractivity contribution >= 4 is 5.91 Å². The van der Waals surface area contributed by atoms with E-state index in [1.54, 1.807) is 0 Å². The van der Waals surface area contributed by atoms with Crippen LogP contribution in [0.25, 0.3) is 0 Å². The molecule has 114 valence electrons. The number of amides is 1. The van der Waals surface area contributed by atoms with Gasteiger partial charge < -0.3 is 10.1 Å². The quantitative estimate of drug-likeness (QED) is 0.837. The molecule has 2 saturated heterocycles. The van der Waals surface area contributed by atoms with Crippen molar-refractivity contribution in [1.82, 2.24) is 10.2 Å². The summed E-state index contributed by atoms with van der Waals surface area (Å²) in [4.78, 5) is 15.2. The standard InChI is InChI=1S/C16H28N2O2/c19-15(17-9-5-14-6-12-20-13-14)16(7-1-2-8-16)18-10-3-4-11-18/h14H,1-13H2,(H,17,19). The van der Waals surface area contributed by atoms with Gasteiger partial charge in [0.15, 0.2) is 0 Å². The van der Waals surface area contributed by atoms with Crippen LogP contribution < -0.4 is 5.32 Å². The fourth-order valence-electron chi connectivity index (χ4n) is 4.16. The Kier molecular flexibility index (Phi) is 4.61. The van der Waals surface area contributed by atoms with Crippen LogP contribution in [-0.2, 0) is 9.53 Å². The molecule has 20 heavy (non-hydrogen) atoms. The molecule has 4 nitrogen and oxygen atoms in total. The van der Waals surface area contributed by atoms with Gasteiger partial charge in [0.25, 0.3) is 0 Å². The minimum absolute atomic E-state index is 0.164. The van der Waals surface area contributed by atoms with Gasteiger partial charge in [0.1, 0.15) is 5.54 Å². The van der Waals surface area contributed by atoms with Crippen LogP contribution in [0.15, 0.2) is 0 Å². The molecule has 0 aromatic carbocycles. The van der Waals surface area contributed by atoms with Crippen LogP contribution in [0.5, 0.6) is 0 Å². The lowest BCUT2D eigenvalue weighted by molar-refractivity contribution is -0.132. The van der Waals surface area contributed by atoms with Gasteiger partial charge in [0.05, 0.1) is 0 Å². The van der Waals surface area contributed by atoms with Gasteiger partial charge in [-0.15, -0.1) is 0 Å². The summed E-state index contributed by atoms with van der Waals surface area (Å²) >= 11 is 0. The molecule has 0 aromatic rings. The molecule has 1 N–H and O–H groups in total. The monoisotopic (exact) mass is 280 g/mol. The van der Waals surface area contributed by atoms with E-state index in [0.717, 1.165) is 58.5 Å². The molecular weight excluding hydrogens is 252 g/mol. The van der Waals surface area contributed by atoms with E-state index < -0.39 is 0 Å². The number of hydrogen-bond acceptors (Lipinski definition) is 3. The second-order valence-corrected chi connectivity index (χ2v) is 6.71. The minimum atomic E-state index is -0.164. The third kappa shape index (κ3) is 2.86. The number of rotatable bonds is 5. The molecule has 1 unspecified atom stereocenters. The average Bonchev–Trinajstić information content (AvgIpc) is 3.20. The molecule has 3 aliphatic rings. The second kappa shape index (κ2) is 6.44. The number of nitrogens with zero attached hydrogens (tertiary/aromatic N) is 1. The van der Waals surface area contributed by atoms with E-state index in [2.05, 4.69) is 10.2 Å². The lowest BCUT2D eigenvalue weighted by atomic mass is 9.93. The largest absolute Gasteiger partial charge is 0.381 e. The lowest BCUT2D eigenvalue weighted by Gasteiger charge is -2.37. The summed E-state index contributed by atoms with van der Waals surface area (Å²) in [5, 5.41) is 3.23. The SMILES string of the molecule is O=C(NCCC1CCOC1)C1(N2CCCC2)CCCC1. The van der Waals surface area contributed by atoms with Gasteiger partial charge in [-0.05, 0) is 57.5 Å². The molecule has 0 spiro atoms. The van der Waals surface area contributed by atoms with Gasteiger partial charge in [-0.2, -0.15) is 0 Å². The van der Waals surface area contributed by atoms with E-state index in [9.17, 15) is 4.79 Å². The van der Waals surface area contributed by atoms with Crippen molar-refractivity contribution in [3.05, 3.63) is 0 Å². The highest BCUT2D eigenvalue weighted by molar-refractivity contribution is 5.86. The lowest BCUT2D eigenvalue weighted by Crippen LogP contribution is -2.56. The van der Waals surface area contributed by atoms with E-state index in [1.807, 2.05) is 0 Å². The molecule has 4 heteroatoms. The normalized spacial score (nSPS) is 29.9. The molecule has 1 saturated carbocycles. The van der Waals surface area contributed by atoms with Crippen LogP contribution in [0.4, 0.5) is 0 Å². The summed E-state index contributed by atoms with van der Waals surface area (Å²) in [5.74, 6) is 0.956. The van der Waals surface area contributed by atoms with E-state index in [-0.39, 0.29) is 5.54 Å². The van der Waals surface area contributed by atoms with Crippen LogP contribution in [-0.4, -0.2) is 49.2 Å². The Labute approximate surface area is 122 Å². The summed E-state index contributed by atoms with van der Waals surface area (Å²) in [6.45, 7) is 4.83. The van der Waals surface area contributed by atoms with Gasteiger partial charge in [-0.25, -0.2) is 0 Å². The van der Waals surface area contributed by atoms with Crippen LogP contribution in [0, 0.1) is 5.92 Å². The molecule has 0 bridgehead atoms. The zero-order valence-corrected chi connectivity index (χ0v) is 12.5. The van der Waals surface area contributed by atoms with Gasteiger partial charge >= 0.3 is 0 Å². The average molecular weight is 280 g/mol. The predicted octanol–water partition coefficient (Wildman–Crippen LogP) is 1.94. The maximum Gasteiger partial charge on any atom is 0.240 e. The zero-order chi connectivity index (χ0) is 13.8. The van der Waals surface area contributed by atoms with E-state index in [0.29, 0.717) is 11.8 Å². The highest BCUT2D eigenvalue weighted by Crippen LogP contribution is 2.37. The van der Waals surface area contributed by atoms with Crippen LogP contribution in [0.2, 0.25) is 0 Å². The third-order valence-electron chi connectivity index (χ3n) is 5.43. The van der Waals surface area contributed by atoms with Crippen molar-refractivity contribution < 1.29 is 9.53 Å². The molecular formula is C16H28N2O2. The Balaban J connectivity index is 1.52. The summed E-state index contributed by atoms with van der Waals surface area (Å²) < 4.78 is 5.39. The van der Waals surface area contributed by atoms with E-state index in [1.165, 1.54) is 25.7 Å². The summed E-state index contributed by atoms with van der Waals surface area (Å²) in [6, 6.07) is 0. The van der Waals surface area contributed by atoms with Gasteiger partial charge in [-0.3, -0.25) is 9.69 Å². The van der Waals surface area contributed by atoms with Crippen molar-refractivity contribution in [2.75, 3.05) is 32.8 Å². The third-order valence-corrected chi connectivity index (χ3v) is 5.43. The molecule has 2 heterocycles. The number of carbonyl (C=O) groups is 1. The molecule has 3 rings (SSSR count). The van der Waals surface area contributed by atoms with Gasteiger partial charge in [0, 0.05) is 19.8 Å². The van der Waals surface area contributed by atoms with E-state index >= 15 is 0 Å². The Hall–Kier alpha value is -0.610. The summed E-state index contributed by atoms with van der Waals surface area (Å²) in [7, 11) is 0. The van der Waals surface area contributed by atoms with Crippen LogP contribution >= 0.6 is 0 Å². The number of ether oxygens (including phenoxy) is 1. The van der Waals surface area contributed by atoms with Crippen LogP contribution in [0.1, 0.15) is 51.4 Å².